The lowest BCUT2D eigenvalue weighted by Gasteiger charge is -2.29. The lowest BCUT2D eigenvalue weighted by molar-refractivity contribution is 0.0730. The van der Waals surface area contributed by atoms with Crippen LogP contribution in [0.4, 0.5) is 4.39 Å². The van der Waals surface area contributed by atoms with Crippen LogP contribution in [0.2, 0.25) is 0 Å². The molecule has 0 spiro atoms. The molecule has 0 aliphatic carbocycles. The Morgan fingerprint density at radius 2 is 1.73 bits per heavy atom. The lowest BCUT2D eigenvalue weighted by atomic mass is 9.93. The maximum absolute atomic E-state index is 15.0. The summed E-state index contributed by atoms with van der Waals surface area (Å²) in [6, 6.07) is 15.6. The van der Waals surface area contributed by atoms with Gasteiger partial charge in [0.25, 0.3) is 5.91 Å². The van der Waals surface area contributed by atoms with Crippen molar-refractivity contribution >= 4 is 37.7 Å². The number of nitrogens with one attached hydrogen (secondary N) is 2. The third-order valence-corrected chi connectivity index (χ3v) is 8.52. The first kappa shape index (κ1) is 25.1. The first-order chi connectivity index (χ1) is 17.6. The number of rotatable bonds is 5. The molecule has 0 atom stereocenters. The molecule has 1 amide bonds. The highest BCUT2D eigenvalue weighted by Crippen LogP contribution is 2.26. The van der Waals surface area contributed by atoms with E-state index in [2.05, 4.69) is 10.3 Å². The van der Waals surface area contributed by atoms with Gasteiger partial charge in [0.05, 0.1) is 34.7 Å². The molecule has 192 valence electrons. The van der Waals surface area contributed by atoms with Crippen molar-refractivity contribution in [2.24, 2.45) is 0 Å². The molecule has 1 saturated heterocycles. The number of fused-ring (bicyclic) bond motifs is 2. The third kappa shape index (κ3) is 4.63. The number of hydrogen-bond acceptors (Lipinski definition) is 5. The highest BCUT2D eigenvalue weighted by atomic mass is 32.2. The minimum absolute atomic E-state index is 0.107. The van der Waals surface area contributed by atoms with E-state index in [4.69, 9.17) is 4.74 Å². The molecule has 1 aliphatic heterocycles. The third-order valence-electron chi connectivity index (χ3n) is 6.63. The van der Waals surface area contributed by atoms with Crippen molar-refractivity contribution in [2.75, 3.05) is 26.3 Å². The van der Waals surface area contributed by atoms with Crippen LogP contribution in [0, 0.1) is 5.82 Å². The predicted molar refractivity (Wildman–Crippen MR) is 139 cm³/mol. The molecule has 8 nitrogen and oxygen atoms in total. The summed E-state index contributed by atoms with van der Waals surface area (Å²) in [4.78, 5) is 29.2. The maximum Gasteiger partial charge on any atom is 0.255 e. The minimum atomic E-state index is -3.73. The summed E-state index contributed by atoms with van der Waals surface area (Å²) in [6.45, 7) is 4.62. The normalized spacial score (nSPS) is 15.2. The van der Waals surface area contributed by atoms with E-state index >= 15 is 4.39 Å². The quantitative estimate of drug-likeness (QED) is 0.389. The average Bonchev–Trinajstić information content (AvgIpc) is 2.89. The largest absolute Gasteiger partial charge is 0.379 e. The van der Waals surface area contributed by atoms with Gasteiger partial charge in [0.2, 0.25) is 10.0 Å². The van der Waals surface area contributed by atoms with Crippen molar-refractivity contribution in [2.45, 2.75) is 24.3 Å². The maximum atomic E-state index is 15.0. The molecule has 2 heterocycles. The zero-order chi connectivity index (χ0) is 26.4. The number of aromatic amines is 1. The van der Waals surface area contributed by atoms with E-state index in [-0.39, 0.29) is 34.4 Å². The molecule has 1 aromatic heterocycles. The number of ether oxygens (including phenoxy) is 1. The van der Waals surface area contributed by atoms with Gasteiger partial charge in [-0.2, -0.15) is 4.31 Å². The molecule has 37 heavy (non-hydrogen) atoms. The summed E-state index contributed by atoms with van der Waals surface area (Å²) >= 11 is 0. The summed E-state index contributed by atoms with van der Waals surface area (Å²) < 4.78 is 47.9. The summed E-state index contributed by atoms with van der Waals surface area (Å²) in [7, 11) is -3.73. The number of carbonyl (C=O) groups excluding carboxylic acids is 1. The second-order valence-electron chi connectivity index (χ2n) is 9.50. The fourth-order valence-corrected chi connectivity index (χ4v) is 5.98. The van der Waals surface area contributed by atoms with E-state index in [1.807, 2.05) is 0 Å². The van der Waals surface area contributed by atoms with E-state index in [9.17, 15) is 18.0 Å². The smallest absolute Gasteiger partial charge is 0.255 e. The molecule has 1 aliphatic rings. The zero-order valence-corrected chi connectivity index (χ0v) is 21.2. The molecule has 10 heteroatoms. The SMILES string of the molecule is CC(C)(NC(=O)c1cc2[nH]c3ccccc3c(=O)c2cc1F)c1cccc(S(=O)(=O)N2CCOCC2)c1. The molecular weight excluding hydrogens is 497 g/mol. The number of morpholine rings is 1. The van der Waals surface area contributed by atoms with Crippen LogP contribution in [-0.2, 0) is 20.3 Å². The number of H-pyrrole nitrogens is 1. The number of nitrogens with zero attached hydrogens (tertiary/aromatic N) is 1. The van der Waals surface area contributed by atoms with Gasteiger partial charge in [0.1, 0.15) is 5.82 Å². The number of para-hydroxylation sites is 1. The number of aromatic nitrogens is 1. The molecule has 0 bridgehead atoms. The number of benzene rings is 3. The highest BCUT2D eigenvalue weighted by Gasteiger charge is 2.30. The number of halogens is 1. The Kier molecular flexibility index (Phi) is 6.35. The van der Waals surface area contributed by atoms with E-state index < -0.39 is 27.3 Å². The van der Waals surface area contributed by atoms with Crippen LogP contribution in [0.15, 0.2) is 70.4 Å². The fraction of sp³-hybridized carbons (Fsp3) is 0.259. The van der Waals surface area contributed by atoms with Gasteiger partial charge in [-0.1, -0.05) is 24.3 Å². The molecule has 4 aromatic rings. The van der Waals surface area contributed by atoms with Crippen molar-refractivity contribution in [3.05, 3.63) is 87.8 Å². The van der Waals surface area contributed by atoms with E-state index in [1.54, 1.807) is 50.2 Å². The van der Waals surface area contributed by atoms with E-state index in [1.165, 1.54) is 22.5 Å². The molecule has 3 aromatic carbocycles. The first-order valence-corrected chi connectivity index (χ1v) is 13.3. The van der Waals surface area contributed by atoms with Gasteiger partial charge in [-0.3, -0.25) is 9.59 Å². The molecule has 1 fully saturated rings. The van der Waals surface area contributed by atoms with Crippen molar-refractivity contribution in [3.8, 4) is 0 Å². The zero-order valence-electron chi connectivity index (χ0n) is 20.4. The lowest BCUT2D eigenvalue weighted by Crippen LogP contribution is -2.42. The topological polar surface area (TPSA) is 109 Å². The van der Waals surface area contributed by atoms with Crippen LogP contribution in [0.3, 0.4) is 0 Å². The summed E-state index contributed by atoms with van der Waals surface area (Å²) in [5.41, 5.74) is -0.136. The Morgan fingerprint density at radius 3 is 2.49 bits per heavy atom. The number of carbonyl (C=O) groups is 1. The van der Waals surface area contributed by atoms with Crippen LogP contribution < -0.4 is 10.7 Å². The monoisotopic (exact) mass is 523 g/mol. The van der Waals surface area contributed by atoms with Gasteiger partial charge in [-0.25, -0.2) is 12.8 Å². The molecule has 5 rings (SSSR count). The van der Waals surface area contributed by atoms with E-state index in [0.717, 1.165) is 6.07 Å². The molecule has 0 saturated carbocycles. The Balaban J connectivity index is 1.46. The first-order valence-electron chi connectivity index (χ1n) is 11.8. The Bertz CT molecular complexity index is 1690. The second-order valence-corrected chi connectivity index (χ2v) is 11.4. The Morgan fingerprint density at radius 1 is 1.00 bits per heavy atom. The second kappa shape index (κ2) is 9.37. The molecule has 0 radical (unpaired) electrons. The van der Waals surface area contributed by atoms with Crippen LogP contribution in [0.1, 0.15) is 29.8 Å². The number of hydrogen-bond donors (Lipinski definition) is 2. The van der Waals surface area contributed by atoms with Gasteiger partial charge in [-0.15, -0.1) is 0 Å². The Hall–Kier alpha value is -3.60. The fourth-order valence-electron chi connectivity index (χ4n) is 4.52. The number of sulfonamides is 1. The number of pyridine rings is 1. The highest BCUT2D eigenvalue weighted by molar-refractivity contribution is 7.89. The minimum Gasteiger partial charge on any atom is -0.379 e. The summed E-state index contributed by atoms with van der Waals surface area (Å²) in [5, 5.41) is 3.38. The summed E-state index contributed by atoms with van der Waals surface area (Å²) in [6.07, 6.45) is 0. The van der Waals surface area contributed by atoms with Crippen molar-refractivity contribution in [1.82, 2.24) is 14.6 Å². The average molecular weight is 524 g/mol. The van der Waals surface area contributed by atoms with E-state index in [0.29, 0.717) is 35.2 Å². The van der Waals surface area contributed by atoms with Gasteiger partial charge >= 0.3 is 0 Å². The van der Waals surface area contributed by atoms with Gasteiger partial charge in [-0.05, 0) is 55.8 Å². The standard InChI is InChI=1S/C27H26FN3O5S/c1-27(2,17-6-5-7-18(14-17)37(34,35)31-10-12-36-13-11-31)30-26(33)20-16-24-21(15-22(20)28)25(32)19-8-3-4-9-23(19)29-24/h3-9,14-16H,10-13H2,1-2H3,(H,29,32)(H,30,33). The Labute approximate surface area is 213 Å². The van der Waals surface area contributed by atoms with Gasteiger partial charge in [0, 0.05) is 29.4 Å². The molecule has 2 N–H and O–H groups in total. The van der Waals surface area contributed by atoms with Crippen LogP contribution >= 0.6 is 0 Å². The van der Waals surface area contributed by atoms with Crippen molar-refractivity contribution in [3.63, 3.8) is 0 Å². The number of amides is 1. The molecule has 0 unspecified atom stereocenters. The van der Waals surface area contributed by atoms with Crippen LogP contribution in [0.25, 0.3) is 21.8 Å². The van der Waals surface area contributed by atoms with Crippen molar-refractivity contribution in [1.29, 1.82) is 0 Å². The van der Waals surface area contributed by atoms with Gasteiger partial charge in [0.15, 0.2) is 5.43 Å². The predicted octanol–water partition coefficient (Wildman–Crippen LogP) is 3.51. The van der Waals surface area contributed by atoms with Crippen molar-refractivity contribution < 1.29 is 22.3 Å². The van der Waals surface area contributed by atoms with Crippen LogP contribution in [-0.4, -0.2) is 49.9 Å². The summed E-state index contributed by atoms with van der Waals surface area (Å²) in [5.74, 6) is -1.52. The molecular formula is C27H26FN3O5S. The van der Waals surface area contributed by atoms with Crippen LogP contribution in [0.5, 0.6) is 0 Å². The van der Waals surface area contributed by atoms with Gasteiger partial charge < -0.3 is 15.0 Å².